The molecule has 2 heterocycles. The van der Waals surface area contributed by atoms with Crippen LogP contribution in [-0.2, 0) is 30.8 Å². The minimum atomic E-state index is -3.17. The van der Waals surface area contributed by atoms with Crippen molar-refractivity contribution in [1.29, 1.82) is 0 Å². The van der Waals surface area contributed by atoms with E-state index in [-0.39, 0.29) is 30.2 Å². The van der Waals surface area contributed by atoms with E-state index in [0.717, 1.165) is 43.2 Å². The normalized spacial score (nSPS) is 25.3. The summed E-state index contributed by atoms with van der Waals surface area (Å²) in [7, 11) is -3.17. The highest BCUT2D eigenvalue weighted by atomic mass is 32.2. The maximum Gasteiger partial charge on any atom is 0.411 e. The summed E-state index contributed by atoms with van der Waals surface area (Å²) in [5, 5.41) is 2.81. The molecule has 210 valence electrons. The summed E-state index contributed by atoms with van der Waals surface area (Å²) in [5.41, 5.74) is 6.97. The molecule has 2 bridgehead atoms. The van der Waals surface area contributed by atoms with E-state index < -0.39 is 39.7 Å². The summed E-state index contributed by atoms with van der Waals surface area (Å²) in [6, 6.07) is 6.22. The Morgan fingerprint density at radius 1 is 1.08 bits per heavy atom. The Labute approximate surface area is 225 Å². The molecule has 0 unspecified atom stereocenters. The molecule has 3 N–H and O–H groups in total. The molecule has 38 heavy (non-hydrogen) atoms. The molecule has 1 aromatic rings. The predicted molar refractivity (Wildman–Crippen MR) is 143 cm³/mol. The highest BCUT2D eigenvalue weighted by molar-refractivity contribution is 7.88. The molecule has 0 spiro atoms. The van der Waals surface area contributed by atoms with Gasteiger partial charge in [0.05, 0.1) is 6.26 Å². The molecule has 4 atom stereocenters. The van der Waals surface area contributed by atoms with E-state index in [2.05, 4.69) is 5.32 Å². The Morgan fingerprint density at radius 3 is 2.26 bits per heavy atom. The van der Waals surface area contributed by atoms with Crippen LogP contribution in [-0.4, -0.2) is 78.6 Å². The van der Waals surface area contributed by atoms with Gasteiger partial charge in [0.15, 0.2) is 0 Å². The van der Waals surface area contributed by atoms with Gasteiger partial charge in [-0.15, -0.1) is 0 Å². The van der Waals surface area contributed by atoms with Crippen LogP contribution in [0.25, 0.3) is 0 Å². The zero-order chi connectivity index (χ0) is 27.8. The molecule has 2 saturated heterocycles. The van der Waals surface area contributed by atoms with E-state index >= 15 is 0 Å². The number of hydrogen-bond acceptors (Lipinski definition) is 6. The molecule has 2 aliphatic heterocycles. The van der Waals surface area contributed by atoms with Crippen molar-refractivity contribution in [2.24, 2.45) is 11.7 Å². The minimum absolute atomic E-state index is 0.0329. The molecular weight excluding hydrogens is 508 g/mol. The van der Waals surface area contributed by atoms with Crippen LogP contribution in [0.4, 0.5) is 4.79 Å². The van der Waals surface area contributed by atoms with Crippen molar-refractivity contribution in [3.05, 3.63) is 35.4 Å². The second-order valence-corrected chi connectivity index (χ2v) is 13.9. The number of benzene rings is 1. The maximum absolute atomic E-state index is 13.4. The highest BCUT2D eigenvalue weighted by Crippen LogP contribution is 2.43. The Morgan fingerprint density at radius 2 is 1.71 bits per heavy atom. The Hall–Kier alpha value is -2.66. The second-order valence-electron chi connectivity index (χ2n) is 11.9. The van der Waals surface area contributed by atoms with Gasteiger partial charge in [0.1, 0.15) is 17.7 Å². The third-order valence-corrected chi connectivity index (χ3v) is 9.24. The number of fused-ring (bicyclic) bond motifs is 2. The highest BCUT2D eigenvalue weighted by Gasteiger charge is 2.52. The lowest BCUT2D eigenvalue weighted by Crippen LogP contribution is -2.57. The Bertz CT molecular complexity index is 1160. The third kappa shape index (κ3) is 6.48. The molecule has 1 saturated carbocycles. The minimum Gasteiger partial charge on any atom is -0.444 e. The summed E-state index contributed by atoms with van der Waals surface area (Å²) < 4.78 is 30.6. The van der Waals surface area contributed by atoms with Gasteiger partial charge in [-0.2, -0.15) is 0 Å². The molecule has 1 aliphatic carbocycles. The van der Waals surface area contributed by atoms with Crippen LogP contribution in [0.2, 0.25) is 0 Å². The smallest absolute Gasteiger partial charge is 0.411 e. The summed E-state index contributed by atoms with van der Waals surface area (Å²) in [5.74, 6) is -0.705. The van der Waals surface area contributed by atoms with Gasteiger partial charge in [-0.25, -0.2) is 17.5 Å². The first-order chi connectivity index (χ1) is 17.7. The molecule has 3 aliphatic rings. The number of hydrogen-bond donors (Lipinski definition) is 2. The van der Waals surface area contributed by atoms with Crippen LogP contribution >= 0.6 is 0 Å². The van der Waals surface area contributed by atoms with Gasteiger partial charge in [-0.1, -0.05) is 24.3 Å². The van der Waals surface area contributed by atoms with E-state index in [9.17, 15) is 22.8 Å². The van der Waals surface area contributed by atoms with Gasteiger partial charge < -0.3 is 15.8 Å². The fourth-order valence-corrected chi connectivity index (χ4v) is 6.94. The van der Waals surface area contributed by atoms with Gasteiger partial charge in [-0.3, -0.25) is 14.5 Å². The molecule has 0 aromatic heterocycles. The first-order valence-corrected chi connectivity index (χ1v) is 15.2. The lowest BCUT2D eigenvalue weighted by molar-refractivity contribution is -0.132. The van der Waals surface area contributed by atoms with E-state index in [1.54, 1.807) is 25.7 Å². The zero-order valence-electron chi connectivity index (χ0n) is 22.7. The number of nitrogens with one attached hydrogen (secondary N) is 1. The number of rotatable bonds is 7. The Kier molecular flexibility index (Phi) is 8.09. The van der Waals surface area contributed by atoms with Crippen molar-refractivity contribution in [1.82, 2.24) is 14.5 Å². The number of piperidine rings is 2. The quantitative estimate of drug-likeness (QED) is 0.535. The van der Waals surface area contributed by atoms with Crippen molar-refractivity contribution in [3.8, 4) is 0 Å². The van der Waals surface area contributed by atoms with Crippen LogP contribution in [0, 0.1) is 5.92 Å². The third-order valence-electron chi connectivity index (χ3n) is 7.93. The average molecular weight is 549 g/mol. The SMILES string of the molecule is CC(C)(C)OC(=O)N1[C@@H]2CC[C@@H](C2)[C@H]1C(=O)N[C@@H](Cc1ccc(C2CCN(S(C)(=O)=O)CC2)cc1)C(N)=O. The first-order valence-electron chi connectivity index (χ1n) is 13.4. The lowest BCUT2D eigenvalue weighted by Gasteiger charge is -2.36. The fourth-order valence-electron chi connectivity index (χ4n) is 6.07. The average Bonchev–Trinajstić information content (AvgIpc) is 3.44. The summed E-state index contributed by atoms with van der Waals surface area (Å²) >= 11 is 0. The lowest BCUT2D eigenvalue weighted by atomic mass is 9.89. The van der Waals surface area contributed by atoms with Gasteiger partial charge in [-0.05, 0) is 75.8 Å². The Balaban J connectivity index is 1.39. The monoisotopic (exact) mass is 548 g/mol. The number of sulfonamides is 1. The van der Waals surface area contributed by atoms with Crippen molar-refractivity contribution in [2.75, 3.05) is 19.3 Å². The standard InChI is InChI=1S/C27H40N4O6S/c1-27(2,3)37-26(34)31-21-10-9-20(16-21)23(31)25(33)29-22(24(28)32)15-17-5-7-18(8-6-17)19-11-13-30(14-12-19)38(4,35)36/h5-8,19-23H,9-16H2,1-4H3,(H2,28,32)(H,29,33)/t20-,21+,22-,23-/m0/s1. The zero-order valence-corrected chi connectivity index (χ0v) is 23.5. The second kappa shape index (κ2) is 10.8. The number of primary amides is 1. The number of carbonyl (C=O) groups is 3. The summed E-state index contributed by atoms with van der Waals surface area (Å²) in [6.07, 6.45) is 4.93. The summed E-state index contributed by atoms with van der Waals surface area (Å²) in [4.78, 5) is 40.1. The van der Waals surface area contributed by atoms with Crippen molar-refractivity contribution in [3.63, 3.8) is 0 Å². The van der Waals surface area contributed by atoms with Crippen LogP contribution in [0.3, 0.4) is 0 Å². The molecule has 0 radical (unpaired) electrons. The first kappa shape index (κ1) is 28.4. The number of amides is 3. The molecule has 3 amide bonds. The summed E-state index contributed by atoms with van der Waals surface area (Å²) in [6.45, 7) is 6.39. The number of carbonyl (C=O) groups excluding carboxylic acids is 3. The van der Waals surface area contributed by atoms with Gasteiger partial charge in [0, 0.05) is 25.6 Å². The predicted octanol–water partition coefficient (Wildman–Crippen LogP) is 2.13. The molecule has 3 fully saturated rings. The molecule has 4 rings (SSSR count). The molecular formula is C27H40N4O6S. The molecule has 11 heteroatoms. The van der Waals surface area contributed by atoms with Gasteiger partial charge in [0.2, 0.25) is 21.8 Å². The largest absolute Gasteiger partial charge is 0.444 e. The van der Waals surface area contributed by atoms with Crippen LogP contribution in [0.15, 0.2) is 24.3 Å². The van der Waals surface area contributed by atoms with Crippen LogP contribution in [0.1, 0.15) is 69.9 Å². The fraction of sp³-hybridized carbons (Fsp3) is 0.667. The topological polar surface area (TPSA) is 139 Å². The number of likely N-dealkylation sites (tertiary alicyclic amines) is 1. The number of ether oxygens (including phenoxy) is 1. The van der Waals surface area contributed by atoms with Crippen molar-refractivity contribution in [2.45, 2.75) is 88.9 Å². The van der Waals surface area contributed by atoms with Crippen molar-refractivity contribution >= 4 is 27.9 Å². The van der Waals surface area contributed by atoms with E-state index in [1.807, 2.05) is 24.3 Å². The van der Waals surface area contributed by atoms with Gasteiger partial charge in [0.25, 0.3) is 0 Å². The van der Waals surface area contributed by atoms with Crippen molar-refractivity contribution < 1.29 is 27.5 Å². The van der Waals surface area contributed by atoms with Crippen LogP contribution < -0.4 is 11.1 Å². The van der Waals surface area contributed by atoms with E-state index in [0.29, 0.717) is 13.1 Å². The number of nitrogens with zero attached hydrogens (tertiary/aromatic N) is 2. The van der Waals surface area contributed by atoms with E-state index in [1.165, 1.54) is 10.6 Å². The molecule has 1 aromatic carbocycles. The van der Waals surface area contributed by atoms with Crippen LogP contribution in [0.5, 0.6) is 0 Å². The number of nitrogens with two attached hydrogens (primary N) is 1. The van der Waals surface area contributed by atoms with Gasteiger partial charge >= 0.3 is 6.09 Å². The molecule has 10 nitrogen and oxygen atoms in total. The maximum atomic E-state index is 13.4. The van der Waals surface area contributed by atoms with E-state index in [4.69, 9.17) is 10.5 Å².